The first-order valence-corrected chi connectivity index (χ1v) is 7.83. The predicted molar refractivity (Wildman–Crippen MR) is 80.4 cm³/mol. The number of aliphatic carboxylic acids is 1. The van der Waals surface area contributed by atoms with E-state index in [1.165, 1.54) is 23.6 Å². The average molecular weight is 338 g/mol. The van der Waals surface area contributed by atoms with Crippen LogP contribution in [0.2, 0.25) is 0 Å². The van der Waals surface area contributed by atoms with E-state index in [2.05, 4.69) is 15.3 Å². The van der Waals surface area contributed by atoms with Gasteiger partial charge in [-0.3, -0.25) is 14.5 Å². The van der Waals surface area contributed by atoms with Gasteiger partial charge in [-0.05, 0) is 0 Å². The highest BCUT2D eigenvalue weighted by Gasteiger charge is 2.53. The Morgan fingerprint density at radius 1 is 1.61 bits per heavy atom. The quantitative estimate of drug-likeness (QED) is 0.506. The smallest absolute Gasteiger partial charge is 0.352 e. The van der Waals surface area contributed by atoms with Crippen molar-refractivity contribution in [2.75, 3.05) is 17.7 Å². The van der Waals surface area contributed by atoms with Gasteiger partial charge >= 0.3 is 11.9 Å². The number of aromatic amines is 1. The minimum Gasteiger partial charge on any atom is -0.477 e. The number of carboxylic acids is 1. The maximum Gasteiger partial charge on any atom is 0.352 e. The van der Waals surface area contributed by atoms with Gasteiger partial charge < -0.3 is 20.1 Å². The summed E-state index contributed by atoms with van der Waals surface area (Å²) in [5.41, 5.74) is 0.316. The lowest BCUT2D eigenvalue weighted by atomic mass is 10.0. The second-order valence-electron chi connectivity index (χ2n) is 5.01. The number of amides is 1. The topological polar surface area (TPSA) is 125 Å². The molecule has 0 bridgehead atoms. The van der Waals surface area contributed by atoms with E-state index in [-0.39, 0.29) is 23.6 Å². The van der Waals surface area contributed by atoms with E-state index < -0.39 is 18.0 Å². The molecule has 2 aliphatic heterocycles. The van der Waals surface area contributed by atoms with Crippen LogP contribution in [0.5, 0.6) is 0 Å². The molecule has 1 fully saturated rings. The van der Waals surface area contributed by atoms with Crippen molar-refractivity contribution >= 4 is 35.6 Å². The van der Waals surface area contributed by atoms with E-state index in [1.807, 2.05) is 0 Å². The highest BCUT2D eigenvalue weighted by molar-refractivity contribution is 8.00. The summed E-state index contributed by atoms with van der Waals surface area (Å²) in [4.78, 5) is 42.8. The third-order valence-electron chi connectivity index (χ3n) is 3.49. The lowest BCUT2D eigenvalue weighted by molar-refractivity contribution is -0.147. The molecule has 0 spiro atoms. The number of anilines is 1. The van der Waals surface area contributed by atoms with Crippen LogP contribution in [0.25, 0.3) is 0 Å². The monoisotopic (exact) mass is 338 g/mol. The molecule has 2 aliphatic rings. The van der Waals surface area contributed by atoms with Gasteiger partial charge in [-0.25, -0.2) is 9.78 Å². The van der Waals surface area contributed by atoms with E-state index in [0.29, 0.717) is 17.3 Å². The lowest BCUT2D eigenvalue weighted by Crippen LogP contribution is -2.67. The van der Waals surface area contributed by atoms with E-state index in [0.717, 1.165) is 0 Å². The van der Waals surface area contributed by atoms with Crippen LogP contribution in [-0.4, -0.2) is 61.6 Å². The fourth-order valence-corrected chi connectivity index (χ4v) is 3.80. The van der Waals surface area contributed by atoms with E-state index in [9.17, 15) is 19.5 Å². The number of ether oxygens (including phenoxy) is 1. The Morgan fingerprint density at radius 3 is 3.00 bits per heavy atom. The zero-order chi connectivity index (χ0) is 16.6. The number of nitrogens with one attached hydrogen (secondary N) is 2. The number of β-lactam (4-membered cyclic amide) rings is 1. The third-order valence-corrected chi connectivity index (χ3v) is 4.83. The zero-order valence-corrected chi connectivity index (χ0v) is 12.9. The van der Waals surface area contributed by atoms with Gasteiger partial charge in [0.15, 0.2) is 0 Å². The number of hydrogen-bond acceptors (Lipinski definition) is 7. The van der Waals surface area contributed by atoms with Crippen molar-refractivity contribution in [3.63, 3.8) is 0 Å². The molecular formula is C13H14N4O5S. The number of carbonyl (C=O) groups excluding carboxylic acids is 2. The van der Waals surface area contributed by atoms with Gasteiger partial charge in [0.05, 0.1) is 0 Å². The number of aromatic nitrogens is 2. The summed E-state index contributed by atoms with van der Waals surface area (Å²) < 4.78 is 4.87. The highest BCUT2D eigenvalue weighted by Crippen LogP contribution is 2.41. The van der Waals surface area contributed by atoms with Crippen molar-refractivity contribution in [3.05, 3.63) is 23.7 Å². The zero-order valence-electron chi connectivity index (χ0n) is 12.1. The molecule has 3 heterocycles. The Morgan fingerprint density at radius 2 is 2.39 bits per heavy atom. The Labute approximate surface area is 135 Å². The van der Waals surface area contributed by atoms with E-state index >= 15 is 0 Å². The number of carbonyl (C=O) groups is 3. The number of imidazole rings is 1. The summed E-state index contributed by atoms with van der Waals surface area (Å²) in [6, 6.07) is -0.546. The number of rotatable bonds is 5. The third kappa shape index (κ3) is 2.77. The average Bonchev–Trinajstić information content (AvgIpc) is 3.02. The van der Waals surface area contributed by atoms with E-state index in [4.69, 9.17) is 4.74 Å². The van der Waals surface area contributed by atoms with Crippen LogP contribution in [-0.2, 0) is 19.1 Å². The number of hydrogen-bond donors (Lipinski definition) is 3. The molecule has 1 aromatic heterocycles. The molecule has 2 atom stereocenters. The molecule has 9 nitrogen and oxygen atoms in total. The van der Waals surface area contributed by atoms with Gasteiger partial charge in [0.25, 0.3) is 5.91 Å². The molecule has 10 heteroatoms. The number of H-pyrrole nitrogens is 1. The van der Waals surface area contributed by atoms with Crippen LogP contribution in [0.15, 0.2) is 23.7 Å². The van der Waals surface area contributed by atoms with E-state index in [1.54, 1.807) is 12.4 Å². The molecule has 1 amide bonds. The van der Waals surface area contributed by atoms with Gasteiger partial charge in [-0.1, -0.05) is 0 Å². The van der Waals surface area contributed by atoms with Crippen molar-refractivity contribution < 1.29 is 24.2 Å². The molecule has 3 rings (SSSR count). The maximum atomic E-state index is 12.3. The van der Waals surface area contributed by atoms with Gasteiger partial charge in [0.1, 0.15) is 23.7 Å². The molecule has 1 aromatic rings. The molecule has 3 N–H and O–H groups in total. The number of thioether (sulfide) groups is 1. The summed E-state index contributed by atoms with van der Waals surface area (Å²) in [6.07, 6.45) is 3.17. The summed E-state index contributed by atoms with van der Waals surface area (Å²) in [6.45, 7) is 1.12. The molecule has 0 radical (unpaired) electrons. The Bertz CT molecular complexity index is 687. The van der Waals surface area contributed by atoms with Crippen molar-refractivity contribution in [2.45, 2.75) is 18.3 Å². The minimum absolute atomic E-state index is 0.0995. The highest BCUT2D eigenvalue weighted by atomic mass is 32.2. The molecule has 0 aliphatic carbocycles. The molecular weight excluding hydrogens is 324 g/mol. The normalized spacial score (nSPS) is 23.2. The SMILES string of the molecule is CC(=O)OCC1=C(C(=O)O)N2C(=O)C(Nc3ncc[nH]3)[C@@H]2SC1. The first-order chi connectivity index (χ1) is 11.0. The van der Waals surface area contributed by atoms with Crippen molar-refractivity contribution in [2.24, 2.45) is 0 Å². The number of nitrogens with zero attached hydrogens (tertiary/aromatic N) is 2. The Hall–Kier alpha value is -2.49. The van der Waals surface area contributed by atoms with Crippen LogP contribution in [0.4, 0.5) is 5.95 Å². The molecule has 0 aromatic carbocycles. The van der Waals surface area contributed by atoms with Crippen LogP contribution in [0.3, 0.4) is 0 Å². The maximum absolute atomic E-state index is 12.3. The summed E-state index contributed by atoms with van der Waals surface area (Å²) in [5, 5.41) is 12.0. The van der Waals surface area contributed by atoms with Crippen LogP contribution < -0.4 is 5.32 Å². The Kier molecular flexibility index (Phi) is 3.99. The minimum atomic E-state index is -1.21. The molecule has 1 unspecified atom stereocenters. The van der Waals surface area contributed by atoms with Crippen molar-refractivity contribution in [1.82, 2.24) is 14.9 Å². The standard InChI is InChI=1S/C13H14N4O5S/c1-6(18)22-4-7-5-23-11-8(16-13-14-2-3-15-13)10(19)17(11)9(7)12(20)21/h2-3,8,11H,4-5H2,1H3,(H,20,21)(H2,14,15,16)/t8?,11-/m0/s1. The summed E-state index contributed by atoms with van der Waals surface area (Å²) >= 11 is 1.42. The molecule has 1 saturated heterocycles. The Balaban J connectivity index is 1.79. The van der Waals surface area contributed by atoms with Gasteiger partial charge in [0.2, 0.25) is 5.95 Å². The van der Waals surface area contributed by atoms with Gasteiger partial charge in [0, 0.05) is 30.6 Å². The summed E-state index contributed by atoms with van der Waals surface area (Å²) in [7, 11) is 0. The molecule has 0 saturated carbocycles. The number of carboxylic acid groups (broad SMARTS) is 1. The second-order valence-corrected chi connectivity index (χ2v) is 6.11. The molecule has 122 valence electrons. The number of fused-ring (bicyclic) bond motifs is 1. The fraction of sp³-hybridized carbons (Fsp3) is 0.385. The molecule has 23 heavy (non-hydrogen) atoms. The predicted octanol–water partition coefficient (Wildman–Crippen LogP) is 0.00710. The summed E-state index contributed by atoms with van der Waals surface area (Å²) in [5.74, 6) is -1.23. The fourth-order valence-electron chi connectivity index (χ4n) is 2.47. The van der Waals surface area contributed by atoms with Crippen LogP contribution in [0, 0.1) is 0 Å². The number of esters is 1. The van der Waals surface area contributed by atoms with Gasteiger partial charge in [-0.15, -0.1) is 11.8 Å². The largest absolute Gasteiger partial charge is 0.477 e. The van der Waals surface area contributed by atoms with Gasteiger partial charge in [-0.2, -0.15) is 0 Å². The first kappa shape index (κ1) is 15.4. The van der Waals surface area contributed by atoms with Crippen molar-refractivity contribution in [3.8, 4) is 0 Å². The lowest BCUT2D eigenvalue weighted by Gasteiger charge is -2.49. The van der Waals surface area contributed by atoms with Crippen LogP contribution in [0.1, 0.15) is 6.92 Å². The van der Waals surface area contributed by atoms with Crippen LogP contribution >= 0.6 is 11.8 Å². The van der Waals surface area contributed by atoms with Crippen molar-refractivity contribution in [1.29, 1.82) is 0 Å². The second kappa shape index (κ2) is 5.95. The first-order valence-electron chi connectivity index (χ1n) is 6.78.